The molecule has 7 rings (SSSR count). The van der Waals surface area contributed by atoms with E-state index in [1.807, 2.05) is 22.7 Å². The highest BCUT2D eigenvalue weighted by atomic mass is 19.4. The lowest BCUT2D eigenvalue weighted by atomic mass is 10.0. The van der Waals surface area contributed by atoms with Crippen molar-refractivity contribution in [1.29, 1.82) is 0 Å². The molecule has 0 spiro atoms. The molecule has 0 saturated heterocycles. The fourth-order valence-corrected chi connectivity index (χ4v) is 5.08. The second kappa shape index (κ2) is 9.04. The summed E-state index contributed by atoms with van der Waals surface area (Å²) in [6.07, 6.45) is 4.08. The predicted molar refractivity (Wildman–Crippen MR) is 141 cm³/mol. The normalized spacial score (nSPS) is 15.6. The molecule has 1 aromatic carbocycles. The minimum Gasteiger partial charge on any atom is -0.480 e. The van der Waals surface area contributed by atoms with Gasteiger partial charge in [-0.3, -0.25) is 0 Å². The van der Waals surface area contributed by atoms with Gasteiger partial charge in [0.05, 0.1) is 24.5 Å². The Bertz CT molecular complexity index is 1750. The first-order valence-electron chi connectivity index (χ1n) is 13.1. The van der Waals surface area contributed by atoms with E-state index in [0.29, 0.717) is 40.9 Å². The second-order valence-electron chi connectivity index (χ2n) is 10.3. The highest BCUT2D eigenvalue weighted by molar-refractivity contribution is 5.67. The molecule has 0 bridgehead atoms. The van der Waals surface area contributed by atoms with E-state index < -0.39 is 11.9 Å². The number of benzene rings is 1. The maximum atomic E-state index is 13.4. The van der Waals surface area contributed by atoms with Gasteiger partial charge in [0.25, 0.3) is 0 Å². The maximum absolute atomic E-state index is 13.4. The zero-order valence-electron chi connectivity index (χ0n) is 21.6. The number of fused-ring (bicyclic) bond motifs is 1. The molecular weight excluding hydrogens is 521 g/mol. The summed E-state index contributed by atoms with van der Waals surface area (Å²) < 4.78 is 49.1. The van der Waals surface area contributed by atoms with Crippen LogP contribution in [0.3, 0.4) is 0 Å². The average molecular weight is 547 g/mol. The van der Waals surface area contributed by atoms with Crippen molar-refractivity contribution in [3.63, 3.8) is 0 Å². The van der Waals surface area contributed by atoms with Crippen LogP contribution in [0.5, 0.6) is 5.88 Å². The number of imidazole rings is 1. The molecule has 2 fully saturated rings. The van der Waals surface area contributed by atoms with Crippen LogP contribution in [0.1, 0.15) is 60.3 Å². The lowest BCUT2D eigenvalue weighted by molar-refractivity contribution is -0.140. The number of nitrogens with zero attached hydrogens (tertiary/aromatic N) is 7. The number of halogens is 3. The van der Waals surface area contributed by atoms with Crippen molar-refractivity contribution in [1.82, 2.24) is 34.1 Å². The minimum atomic E-state index is -4.51. The third-order valence-electron chi connectivity index (χ3n) is 7.44. The van der Waals surface area contributed by atoms with Crippen LogP contribution in [0.2, 0.25) is 0 Å². The van der Waals surface area contributed by atoms with Crippen molar-refractivity contribution in [2.45, 2.75) is 50.2 Å². The summed E-state index contributed by atoms with van der Waals surface area (Å²) in [6, 6.07) is 9.23. The summed E-state index contributed by atoms with van der Waals surface area (Å²) in [5.41, 5.74) is 10.7. The lowest BCUT2D eigenvalue weighted by Crippen LogP contribution is -2.07. The quantitative estimate of drug-likeness (QED) is 0.270. The Hall–Kier alpha value is -4.48. The van der Waals surface area contributed by atoms with E-state index in [2.05, 4.69) is 19.9 Å². The molecule has 2 aliphatic rings. The number of anilines is 1. The topological polar surface area (TPSA) is 109 Å². The Morgan fingerprint density at radius 1 is 1.05 bits per heavy atom. The van der Waals surface area contributed by atoms with Crippen LogP contribution in [0.25, 0.3) is 28.3 Å². The first-order valence-corrected chi connectivity index (χ1v) is 13.1. The molecule has 0 aliphatic heterocycles. The molecule has 5 aromatic rings. The average Bonchev–Trinajstić information content (AvgIpc) is 3.88. The van der Waals surface area contributed by atoms with E-state index in [-0.39, 0.29) is 11.9 Å². The summed E-state index contributed by atoms with van der Waals surface area (Å²) in [5, 5.41) is 4.82. The Labute approximate surface area is 226 Å². The summed E-state index contributed by atoms with van der Waals surface area (Å²) in [6.45, 7) is 0. The number of methoxy groups -OCH3 is 1. The van der Waals surface area contributed by atoms with Crippen molar-refractivity contribution in [3.05, 3.63) is 71.7 Å². The molecule has 4 heterocycles. The molecule has 0 amide bonds. The summed E-state index contributed by atoms with van der Waals surface area (Å²) in [7, 11) is 1.57. The van der Waals surface area contributed by atoms with E-state index in [1.165, 1.54) is 6.33 Å². The first kappa shape index (κ1) is 24.6. The van der Waals surface area contributed by atoms with Crippen molar-refractivity contribution in [2.75, 3.05) is 12.8 Å². The fourth-order valence-electron chi connectivity index (χ4n) is 5.08. The summed E-state index contributed by atoms with van der Waals surface area (Å²) >= 11 is 0. The molecular formula is C28H25F3N8O. The molecule has 2 N–H and O–H groups in total. The van der Waals surface area contributed by atoms with Gasteiger partial charge < -0.3 is 15.0 Å². The largest absolute Gasteiger partial charge is 0.480 e. The Balaban J connectivity index is 1.23. The van der Waals surface area contributed by atoms with E-state index in [9.17, 15) is 13.2 Å². The summed E-state index contributed by atoms with van der Waals surface area (Å²) in [5.74, 6) is 1.53. The number of nitrogens with two attached hydrogens (primary N) is 1. The molecule has 9 nitrogen and oxygen atoms in total. The minimum absolute atomic E-state index is 0.0366. The van der Waals surface area contributed by atoms with Gasteiger partial charge in [0.15, 0.2) is 11.5 Å². The number of nitrogen functional groups attached to an aromatic ring is 1. The molecule has 2 saturated carbocycles. The van der Waals surface area contributed by atoms with Gasteiger partial charge in [0.1, 0.15) is 17.7 Å². The van der Waals surface area contributed by atoms with Gasteiger partial charge in [-0.05, 0) is 49.4 Å². The Morgan fingerprint density at radius 3 is 2.58 bits per heavy atom. The smallest absolute Gasteiger partial charge is 0.434 e. The number of aromatic nitrogens is 7. The van der Waals surface area contributed by atoms with Gasteiger partial charge in [0.2, 0.25) is 5.88 Å². The predicted octanol–water partition coefficient (Wildman–Crippen LogP) is 5.46. The third-order valence-corrected chi connectivity index (χ3v) is 7.44. The zero-order chi connectivity index (χ0) is 27.6. The lowest BCUT2D eigenvalue weighted by Gasteiger charge is -2.12. The van der Waals surface area contributed by atoms with Crippen molar-refractivity contribution in [3.8, 4) is 28.7 Å². The molecule has 0 unspecified atom stereocenters. The number of ether oxygens (including phenoxy) is 1. The second-order valence-corrected chi connectivity index (χ2v) is 10.3. The zero-order valence-corrected chi connectivity index (χ0v) is 21.6. The molecule has 204 valence electrons. The van der Waals surface area contributed by atoms with Crippen LogP contribution in [-0.4, -0.2) is 41.2 Å². The number of hydrogen-bond acceptors (Lipinski definition) is 7. The van der Waals surface area contributed by atoms with Crippen LogP contribution in [0, 0.1) is 0 Å². The third kappa shape index (κ3) is 4.33. The van der Waals surface area contributed by atoms with Gasteiger partial charge in [-0.15, -0.1) is 5.10 Å². The van der Waals surface area contributed by atoms with Crippen LogP contribution < -0.4 is 10.5 Å². The van der Waals surface area contributed by atoms with Gasteiger partial charge >= 0.3 is 6.18 Å². The highest BCUT2D eigenvalue weighted by Crippen LogP contribution is 2.45. The summed E-state index contributed by atoms with van der Waals surface area (Å²) in [4.78, 5) is 17.3. The SMILES string of the molecule is COc1ncnc(C2CC2)c1-c1ncc2ccc(Cc3ccc(-c4nc(C(F)(F)F)cn4C4CC4)cc3N)n2n1. The number of rotatable bonds is 7. The first-order chi connectivity index (χ1) is 19.3. The molecule has 2 aliphatic carbocycles. The molecule has 4 aromatic heterocycles. The van der Waals surface area contributed by atoms with Gasteiger partial charge in [-0.1, -0.05) is 12.1 Å². The van der Waals surface area contributed by atoms with E-state index in [4.69, 9.17) is 15.6 Å². The van der Waals surface area contributed by atoms with E-state index in [1.54, 1.807) is 30.0 Å². The fraction of sp³-hybridized carbons (Fsp3) is 0.321. The Kier molecular flexibility index (Phi) is 5.55. The van der Waals surface area contributed by atoms with Gasteiger partial charge in [-0.25, -0.2) is 24.5 Å². The molecule has 40 heavy (non-hydrogen) atoms. The maximum Gasteiger partial charge on any atom is 0.434 e. The van der Waals surface area contributed by atoms with Crippen LogP contribution in [-0.2, 0) is 12.6 Å². The van der Waals surface area contributed by atoms with Crippen LogP contribution in [0.15, 0.2) is 49.1 Å². The van der Waals surface area contributed by atoms with Crippen molar-refractivity contribution < 1.29 is 17.9 Å². The van der Waals surface area contributed by atoms with Gasteiger partial charge in [-0.2, -0.15) is 13.2 Å². The standard InChI is InChI=1S/C28H25F3N8O/c1-40-27-23(24(15-2-3-15)34-14-35-27)25-33-12-20-9-8-19(39(20)37-25)10-16-4-5-17(11-21(16)32)26-36-22(28(29,30)31)13-38(26)18-6-7-18/h4-5,8-9,11-15,18H,2-3,6-7,10,32H2,1H3. The number of alkyl halides is 3. The molecule has 12 heteroatoms. The van der Waals surface area contributed by atoms with Crippen LogP contribution >= 0.6 is 0 Å². The molecule has 0 radical (unpaired) electrons. The molecule has 0 atom stereocenters. The number of hydrogen-bond donors (Lipinski definition) is 1. The Morgan fingerprint density at radius 2 is 1.88 bits per heavy atom. The van der Waals surface area contributed by atoms with E-state index in [0.717, 1.165) is 54.3 Å². The van der Waals surface area contributed by atoms with Crippen LogP contribution in [0.4, 0.5) is 18.9 Å². The van der Waals surface area contributed by atoms with Gasteiger partial charge in [0, 0.05) is 41.5 Å². The van der Waals surface area contributed by atoms with Crippen molar-refractivity contribution >= 4 is 11.2 Å². The highest BCUT2D eigenvalue weighted by Gasteiger charge is 2.37. The monoisotopic (exact) mass is 546 g/mol. The van der Waals surface area contributed by atoms with Crippen molar-refractivity contribution in [2.24, 2.45) is 0 Å². The van der Waals surface area contributed by atoms with E-state index >= 15 is 0 Å².